The third-order valence-electron chi connectivity index (χ3n) is 0.659. The quantitative estimate of drug-likeness (QED) is 0.179. The van der Waals surface area contributed by atoms with Crippen molar-refractivity contribution in [2.75, 3.05) is 0 Å². The van der Waals surface area contributed by atoms with Crippen LogP contribution in [0.2, 0.25) is 0 Å². The van der Waals surface area contributed by atoms with Gasteiger partial charge in [0.15, 0.2) is 3.82 Å². The van der Waals surface area contributed by atoms with Crippen LogP contribution in [0.1, 0.15) is 0 Å². The predicted molar refractivity (Wildman–Crippen MR) is 41.2 cm³/mol. The Morgan fingerprint density at radius 1 is 0.846 bits per heavy atom. The van der Waals surface area contributed by atoms with Crippen LogP contribution in [0.3, 0.4) is 0 Å². The third kappa shape index (κ3) is 5.55. The van der Waals surface area contributed by atoms with Crippen LogP contribution in [0, 0.1) is 0 Å². The van der Waals surface area contributed by atoms with Crippen molar-refractivity contribution in [3.05, 3.63) is 0 Å². The van der Waals surface area contributed by atoms with Crippen LogP contribution in [0.15, 0.2) is 0 Å². The van der Waals surface area contributed by atoms with Crippen molar-refractivity contribution in [3.63, 3.8) is 0 Å². The van der Waals surface area contributed by atoms with Crippen molar-refractivity contribution in [2.24, 2.45) is 0 Å². The molecule has 12 heteroatoms. The number of halogens is 2. The molecular weight excluding hydrogens is 655 g/mol. The normalized spacial score (nSPS) is 12.8. The van der Waals surface area contributed by atoms with Gasteiger partial charge in [-0.15, -0.1) is 0 Å². The Morgan fingerprint density at radius 3 is 1.00 bits per heavy atom. The van der Waals surface area contributed by atoms with Gasteiger partial charge in [0.2, 0.25) is 0 Å². The zero-order valence-corrected chi connectivity index (χ0v) is 16.7. The maximum atomic E-state index is 9.94. The van der Waals surface area contributed by atoms with E-state index in [1.807, 2.05) is 0 Å². The fourth-order valence-electron chi connectivity index (χ4n) is 0.150. The van der Waals surface area contributed by atoms with Crippen LogP contribution in [-0.2, 0) is 9.13 Å². The van der Waals surface area contributed by atoms with E-state index in [2.05, 4.69) is 23.2 Å². The van der Waals surface area contributed by atoms with Gasteiger partial charge in [-0.1, -0.05) is 23.2 Å². The first-order chi connectivity index (χ1) is 4.50. The summed E-state index contributed by atoms with van der Waals surface area (Å²) in [4.78, 5) is 39.7. The smallest absolute Gasteiger partial charge is 0.808 e. The van der Waals surface area contributed by atoms with Crippen LogP contribution in [-0.4, -0.2) is 58.4 Å². The van der Waals surface area contributed by atoms with Gasteiger partial charge in [0, 0.05) is 0 Å². The second-order valence-corrected chi connectivity index (χ2v) is 7.57. The first kappa shape index (κ1) is 21.1. The van der Waals surface area contributed by atoms with Crippen molar-refractivity contribution in [1.29, 1.82) is 0 Å². The molecule has 72 valence electrons. The van der Waals surface area contributed by atoms with E-state index in [0.717, 1.165) is 0 Å². The van der Waals surface area contributed by atoms with Gasteiger partial charge in [-0.25, -0.2) is 0 Å². The van der Waals surface area contributed by atoms with Crippen molar-refractivity contribution < 1.29 is 28.7 Å². The zero-order valence-electron chi connectivity index (χ0n) is 5.60. The second kappa shape index (κ2) is 6.46. The largest absolute Gasteiger partial charge is 2.00 e. The molecule has 0 saturated heterocycles. The first-order valence-corrected chi connectivity index (χ1v) is 5.76. The fraction of sp³-hybridized carbons (Fsp3) is 1.00. The molecule has 0 amide bonds. The molecule has 0 spiro atoms. The van der Waals surface area contributed by atoms with Gasteiger partial charge < -0.3 is 28.7 Å². The van der Waals surface area contributed by atoms with Crippen molar-refractivity contribution >= 4 is 93.0 Å². The van der Waals surface area contributed by atoms with Gasteiger partial charge in [0.1, 0.15) is 0 Å². The van der Waals surface area contributed by atoms with Gasteiger partial charge in [-0.2, -0.15) is 0 Å². The van der Waals surface area contributed by atoms with E-state index in [1.54, 1.807) is 0 Å². The molecule has 0 saturated carbocycles. The molecule has 13 heavy (non-hydrogen) atoms. The van der Waals surface area contributed by atoms with Gasteiger partial charge in [-0.3, -0.25) is 0 Å². The standard InChI is InChI=1S/CH4Cl2O6P2.2Pb/c2-1(3,10(4,5)6)11(7,8)9;;/h(H2,4,5,6)(H2,7,8,9);;/q;2*+2/p-4. The van der Waals surface area contributed by atoms with Crippen LogP contribution in [0.5, 0.6) is 0 Å². The average molecular weight is 655 g/mol. The molecular formula is CCl2O6P2Pb2. The summed E-state index contributed by atoms with van der Waals surface area (Å²) in [5.41, 5.74) is 0. The Bertz CT molecular complexity index is 219. The van der Waals surface area contributed by atoms with Crippen molar-refractivity contribution in [1.82, 2.24) is 0 Å². The number of hydrogen-bond donors (Lipinski definition) is 0. The number of alkyl halides is 2. The van der Waals surface area contributed by atoms with E-state index < -0.39 is 19.0 Å². The molecule has 0 fully saturated rings. The minimum atomic E-state index is -5.85. The molecule has 0 aliphatic heterocycles. The van der Waals surface area contributed by atoms with Crippen molar-refractivity contribution in [3.8, 4) is 0 Å². The van der Waals surface area contributed by atoms with Gasteiger partial charge >= 0.3 is 54.6 Å². The van der Waals surface area contributed by atoms with Gasteiger partial charge in [-0.05, 0) is 15.2 Å². The molecule has 6 nitrogen and oxygen atoms in total. The second-order valence-electron chi connectivity index (χ2n) is 1.50. The Balaban J connectivity index is -0.000000500. The van der Waals surface area contributed by atoms with E-state index in [-0.39, 0.29) is 54.6 Å². The molecule has 0 aliphatic rings. The monoisotopic (exact) mass is 656 g/mol. The van der Waals surface area contributed by atoms with E-state index in [9.17, 15) is 28.7 Å². The number of hydrogen-bond acceptors (Lipinski definition) is 6. The van der Waals surface area contributed by atoms with E-state index in [0.29, 0.717) is 0 Å². The van der Waals surface area contributed by atoms with E-state index in [4.69, 9.17) is 0 Å². The average Bonchev–Trinajstić information content (AvgIpc) is 1.58. The Hall–Kier alpha value is 2.72. The molecule has 0 aromatic rings. The molecule has 0 aromatic heterocycles. The van der Waals surface area contributed by atoms with Crippen LogP contribution in [0.4, 0.5) is 0 Å². The molecule has 0 N–H and O–H groups in total. The zero-order chi connectivity index (χ0) is 9.50. The Kier molecular flexibility index (Phi) is 10.5. The van der Waals surface area contributed by atoms with Crippen LogP contribution in [0.25, 0.3) is 0 Å². The van der Waals surface area contributed by atoms with Crippen molar-refractivity contribution in [2.45, 2.75) is 3.82 Å². The maximum absolute atomic E-state index is 9.94. The predicted octanol–water partition coefficient (Wildman–Crippen LogP) is -2.86. The summed E-state index contributed by atoms with van der Waals surface area (Å²) in [7, 11) is -11.7. The molecule has 0 unspecified atom stereocenters. The van der Waals surface area contributed by atoms with Crippen LogP contribution < -0.4 is 19.6 Å². The SMILES string of the molecule is O=P([O-])([O-])C(Cl)(Cl)P(=O)([O-])[O-].[Pb+2].[Pb+2]. The Morgan fingerprint density at radius 2 is 1.00 bits per heavy atom. The van der Waals surface area contributed by atoms with E-state index in [1.165, 1.54) is 0 Å². The third-order valence-corrected chi connectivity index (χ3v) is 5.93. The minimum Gasteiger partial charge on any atom is -0.808 e. The Labute approximate surface area is 124 Å². The summed E-state index contributed by atoms with van der Waals surface area (Å²) in [5.74, 6) is 0. The van der Waals surface area contributed by atoms with Gasteiger partial charge in [0.05, 0.1) is 0 Å². The molecule has 0 aromatic carbocycles. The summed E-state index contributed by atoms with van der Waals surface area (Å²) in [6, 6.07) is 0. The molecule has 0 aliphatic carbocycles. The first-order valence-electron chi connectivity index (χ1n) is 1.92. The van der Waals surface area contributed by atoms with E-state index >= 15 is 0 Å². The van der Waals surface area contributed by atoms with Gasteiger partial charge in [0.25, 0.3) is 0 Å². The summed E-state index contributed by atoms with van der Waals surface area (Å²) >= 11 is 8.96. The summed E-state index contributed by atoms with van der Waals surface area (Å²) in [6.07, 6.45) is 0. The summed E-state index contributed by atoms with van der Waals surface area (Å²) < 4.78 is 16.1. The number of rotatable bonds is 2. The molecule has 0 bridgehead atoms. The summed E-state index contributed by atoms with van der Waals surface area (Å²) in [5, 5.41) is 0. The topological polar surface area (TPSA) is 126 Å². The molecule has 0 atom stereocenters. The molecule has 0 rings (SSSR count). The minimum absolute atomic E-state index is 0. The van der Waals surface area contributed by atoms with Crippen LogP contribution >= 0.6 is 38.4 Å². The summed E-state index contributed by atoms with van der Waals surface area (Å²) in [6.45, 7) is 0. The molecule has 4 radical (unpaired) electrons. The molecule has 0 heterocycles. The fourth-order valence-corrected chi connectivity index (χ4v) is 1.35. The maximum Gasteiger partial charge on any atom is 2.00 e.